The lowest BCUT2D eigenvalue weighted by atomic mass is 9.90. The van der Waals surface area contributed by atoms with E-state index in [0.717, 1.165) is 22.3 Å². The van der Waals surface area contributed by atoms with Crippen LogP contribution in [0.15, 0.2) is 66.7 Å². The summed E-state index contributed by atoms with van der Waals surface area (Å²) in [5, 5.41) is 8.74. The molecule has 0 saturated heterocycles. The van der Waals surface area contributed by atoms with Gasteiger partial charge in [-0.1, -0.05) is 36.4 Å². The summed E-state index contributed by atoms with van der Waals surface area (Å²) in [6.07, 6.45) is 1.04. The van der Waals surface area contributed by atoms with E-state index in [2.05, 4.69) is 0 Å². The van der Waals surface area contributed by atoms with Gasteiger partial charge in [0.2, 0.25) is 5.91 Å². The van der Waals surface area contributed by atoms with E-state index >= 15 is 0 Å². The van der Waals surface area contributed by atoms with Gasteiger partial charge in [-0.25, -0.2) is 9.87 Å². The Morgan fingerprint density at radius 1 is 0.964 bits per heavy atom. The Morgan fingerprint density at radius 3 is 2.32 bits per heavy atom. The van der Waals surface area contributed by atoms with Gasteiger partial charge in [0, 0.05) is 11.1 Å². The molecule has 0 fully saturated rings. The van der Waals surface area contributed by atoms with Crippen LogP contribution < -0.4 is 11.2 Å². The quantitative estimate of drug-likeness (QED) is 0.453. The topological polar surface area (TPSA) is 92.4 Å². The van der Waals surface area contributed by atoms with E-state index in [1.165, 1.54) is 12.1 Å². The number of carbonyl (C=O) groups excluding carboxylic acids is 2. The van der Waals surface area contributed by atoms with Gasteiger partial charge in [-0.3, -0.25) is 14.8 Å². The van der Waals surface area contributed by atoms with Gasteiger partial charge in [-0.05, 0) is 65.4 Å². The molecular weight excluding hydrogens is 359 g/mol. The number of primary amides is 1. The third-order valence-corrected chi connectivity index (χ3v) is 4.55. The highest BCUT2D eigenvalue weighted by molar-refractivity contribution is 5.97. The first-order valence-corrected chi connectivity index (χ1v) is 8.70. The predicted octanol–water partition coefficient (Wildman–Crippen LogP) is 3.50. The van der Waals surface area contributed by atoms with Crippen LogP contribution >= 0.6 is 0 Å². The van der Waals surface area contributed by atoms with Crippen molar-refractivity contribution in [3.63, 3.8) is 0 Å². The number of rotatable bonds is 6. The third kappa shape index (κ3) is 4.24. The van der Waals surface area contributed by atoms with E-state index < -0.39 is 11.8 Å². The summed E-state index contributed by atoms with van der Waals surface area (Å²) < 4.78 is 13.5. The minimum atomic E-state index is -0.608. The van der Waals surface area contributed by atoms with Gasteiger partial charge >= 0.3 is 0 Å². The lowest BCUT2D eigenvalue weighted by molar-refractivity contribution is 0.0706. The second kappa shape index (κ2) is 8.45. The molecule has 0 aliphatic rings. The molecule has 0 aliphatic heterocycles. The van der Waals surface area contributed by atoms with Crippen molar-refractivity contribution in [1.82, 2.24) is 5.48 Å². The number of nitrogens with two attached hydrogens (primary N) is 1. The molecule has 2 amide bonds. The lowest BCUT2D eigenvalue weighted by Crippen LogP contribution is -2.18. The molecule has 3 aromatic carbocycles. The molecule has 0 unspecified atom stereocenters. The number of hydrogen-bond donors (Lipinski definition) is 3. The van der Waals surface area contributed by atoms with Crippen LogP contribution in [0.1, 0.15) is 31.8 Å². The smallest absolute Gasteiger partial charge is 0.274 e. The van der Waals surface area contributed by atoms with E-state index in [-0.39, 0.29) is 5.82 Å². The minimum Gasteiger partial charge on any atom is -0.366 e. The number of hydrogen-bond acceptors (Lipinski definition) is 3. The van der Waals surface area contributed by atoms with Crippen LogP contribution in [-0.2, 0) is 12.8 Å². The SMILES string of the molecule is NC(=O)c1cccc(-c2ccc(C(=O)NO)cc2)c1CCc1cccc(F)c1. The van der Waals surface area contributed by atoms with E-state index in [9.17, 15) is 14.0 Å². The third-order valence-electron chi connectivity index (χ3n) is 4.55. The Bertz CT molecular complexity index is 1020. The number of nitrogens with one attached hydrogen (secondary N) is 1. The van der Waals surface area contributed by atoms with Crippen LogP contribution in [0.4, 0.5) is 4.39 Å². The summed E-state index contributed by atoms with van der Waals surface area (Å²) in [6.45, 7) is 0. The maximum Gasteiger partial charge on any atom is 0.274 e. The van der Waals surface area contributed by atoms with Crippen molar-refractivity contribution >= 4 is 11.8 Å². The van der Waals surface area contributed by atoms with Gasteiger partial charge in [0.25, 0.3) is 5.91 Å². The molecule has 0 heterocycles. The van der Waals surface area contributed by atoms with Crippen LogP contribution in [0.2, 0.25) is 0 Å². The summed E-state index contributed by atoms with van der Waals surface area (Å²) in [4.78, 5) is 23.4. The van der Waals surface area contributed by atoms with Crippen LogP contribution in [0.5, 0.6) is 0 Å². The summed E-state index contributed by atoms with van der Waals surface area (Å²) >= 11 is 0. The van der Waals surface area contributed by atoms with E-state index in [1.54, 1.807) is 47.9 Å². The largest absolute Gasteiger partial charge is 0.366 e. The molecule has 6 heteroatoms. The summed E-state index contributed by atoms with van der Waals surface area (Å²) in [5.74, 6) is -1.45. The van der Waals surface area contributed by atoms with Crippen LogP contribution in [0, 0.1) is 5.82 Å². The Hall–Kier alpha value is -3.51. The zero-order chi connectivity index (χ0) is 20.1. The molecule has 0 saturated carbocycles. The minimum absolute atomic E-state index is 0.304. The van der Waals surface area contributed by atoms with Crippen molar-refractivity contribution < 1.29 is 19.2 Å². The molecule has 0 spiro atoms. The average molecular weight is 378 g/mol. The molecule has 0 aliphatic carbocycles. The molecule has 5 nitrogen and oxygen atoms in total. The molecule has 3 aromatic rings. The number of benzene rings is 3. The standard InChI is InChI=1S/C22H19FN2O3/c23-17-4-1-3-14(13-17)7-12-19-18(5-2-6-20(19)21(24)26)15-8-10-16(11-9-15)22(27)25-28/h1-6,8-11,13,28H,7,12H2,(H2,24,26)(H,25,27). The number of halogens is 1. The van der Waals surface area contributed by atoms with Gasteiger partial charge < -0.3 is 5.73 Å². The van der Waals surface area contributed by atoms with Crippen LogP contribution in [-0.4, -0.2) is 17.0 Å². The number of carbonyl (C=O) groups is 2. The van der Waals surface area contributed by atoms with Gasteiger partial charge in [-0.2, -0.15) is 0 Å². The zero-order valence-corrected chi connectivity index (χ0v) is 15.0. The van der Waals surface area contributed by atoms with Gasteiger partial charge in [0.1, 0.15) is 5.82 Å². The van der Waals surface area contributed by atoms with E-state index in [0.29, 0.717) is 24.0 Å². The highest BCUT2D eigenvalue weighted by atomic mass is 19.1. The maximum absolute atomic E-state index is 13.5. The Kier molecular flexibility index (Phi) is 5.81. The molecule has 28 heavy (non-hydrogen) atoms. The van der Waals surface area contributed by atoms with E-state index in [4.69, 9.17) is 10.9 Å². The molecule has 0 aromatic heterocycles. The summed E-state index contributed by atoms with van der Waals surface area (Å²) in [7, 11) is 0. The molecule has 0 radical (unpaired) electrons. The van der Waals surface area contributed by atoms with Gasteiger partial charge in [-0.15, -0.1) is 0 Å². The number of hydroxylamine groups is 1. The van der Waals surface area contributed by atoms with Crippen molar-refractivity contribution in [1.29, 1.82) is 0 Å². The number of amides is 2. The molecule has 0 bridgehead atoms. The molecule has 4 N–H and O–H groups in total. The molecular formula is C22H19FN2O3. The number of aryl methyl sites for hydroxylation is 1. The highest BCUT2D eigenvalue weighted by Gasteiger charge is 2.15. The van der Waals surface area contributed by atoms with Crippen molar-refractivity contribution in [2.75, 3.05) is 0 Å². The maximum atomic E-state index is 13.5. The molecule has 3 rings (SSSR count). The Labute approximate surface area is 161 Å². The molecule has 142 valence electrons. The fourth-order valence-electron chi connectivity index (χ4n) is 3.18. The second-order valence-corrected chi connectivity index (χ2v) is 6.34. The predicted molar refractivity (Wildman–Crippen MR) is 103 cm³/mol. The summed E-state index contributed by atoms with van der Waals surface area (Å²) in [6, 6.07) is 18.2. The first kappa shape index (κ1) is 19.3. The Balaban J connectivity index is 1.98. The normalized spacial score (nSPS) is 10.5. The van der Waals surface area contributed by atoms with E-state index in [1.807, 2.05) is 12.1 Å². The first-order chi connectivity index (χ1) is 13.5. The highest BCUT2D eigenvalue weighted by Crippen LogP contribution is 2.28. The molecule has 0 atom stereocenters. The van der Waals surface area contributed by atoms with Crippen molar-refractivity contribution in [2.45, 2.75) is 12.8 Å². The fourth-order valence-corrected chi connectivity index (χ4v) is 3.18. The average Bonchev–Trinajstić information content (AvgIpc) is 2.71. The van der Waals surface area contributed by atoms with Crippen molar-refractivity contribution in [3.8, 4) is 11.1 Å². The Morgan fingerprint density at radius 2 is 1.68 bits per heavy atom. The first-order valence-electron chi connectivity index (χ1n) is 8.70. The van der Waals surface area contributed by atoms with Gasteiger partial charge in [0.05, 0.1) is 0 Å². The monoisotopic (exact) mass is 378 g/mol. The van der Waals surface area contributed by atoms with Gasteiger partial charge in [0.15, 0.2) is 0 Å². The zero-order valence-electron chi connectivity index (χ0n) is 15.0. The lowest BCUT2D eigenvalue weighted by Gasteiger charge is -2.14. The van der Waals surface area contributed by atoms with Crippen LogP contribution in [0.25, 0.3) is 11.1 Å². The fraction of sp³-hybridized carbons (Fsp3) is 0.0909. The van der Waals surface area contributed by atoms with Crippen molar-refractivity contribution in [3.05, 3.63) is 94.8 Å². The second-order valence-electron chi connectivity index (χ2n) is 6.34. The van der Waals surface area contributed by atoms with Crippen LogP contribution in [0.3, 0.4) is 0 Å². The summed E-state index contributed by atoms with van der Waals surface area (Å²) in [5.41, 5.74) is 11.0. The van der Waals surface area contributed by atoms with Crippen molar-refractivity contribution in [2.24, 2.45) is 5.73 Å².